The molecule has 1 aromatic heterocycles. The van der Waals surface area contributed by atoms with Crippen molar-refractivity contribution in [2.24, 2.45) is 5.92 Å². The average Bonchev–Trinajstić information content (AvgIpc) is 2.59. The topological polar surface area (TPSA) is 89.3 Å². The number of piperidine rings is 2. The Morgan fingerprint density at radius 2 is 1.84 bits per heavy atom. The molecule has 0 aromatic carbocycles. The Kier molecular flexibility index (Phi) is 5.73. The molecule has 7 nitrogen and oxygen atoms in total. The van der Waals surface area contributed by atoms with Crippen molar-refractivity contribution in [3.63, 3.8) is 0 Å². The Bertz CT molecular complexity index is 718. The lowest BCUT2D eigenvalue weighted by atomic mass is 9.96. The molecule has 2 fully saturated rings. The van der Waals surface area contributed by atoms with Gasteiger partial charge in [0.15, 0.2) is 0 Å². The normalized spacial score (nSPS) is 22.1. The van der Waals surface area contributed by atoms with Crippen LogP contribution in [0.5, 0.6) is 0 Å². The van der Waals surface area contributed by atoms with E-state index in [2.05, 4.69) is 14.9 Å². The minimum Gasteiger partial charge on any atom is -0.342 e. The quantitative estimate of drug-likeness (QED) is 0.836. The van der Waals surface area contributed by atoms with Gasteiger partial charge in [-0.2, -0.15) is 0 Å². The smallest absolute Gasteiger partial charge is 0.325 e. The van der Waals surface area contributed by atoms with Gasteiger partial charge in [-0.3, -0.25) is 14.6 Å². The predicted molar refractivity (Wildman–Crippen MR) is 95.7 cm³/mol. The summed E-state index contributed by atoms with van der Waals surface area (Å²) in [6.07, 6.45) is 6.13. The molecule has 2 saturated heterocycles. The minimum atomic E-state index is -0.529. The molecule has 1 unspecified atom stereocenters. The first kappa shape index (κ1) is 17.9. The molecule has 1 aromatic rings. The first-order chi connectivity index (χ1) is 12.0. The lowest BCUT2D eigenvalue weighted by Crippen LogP contribution is -2.45. The summed E-state index contributed by atoms with van der Waals surface area (Å²) in [5.41, 5.74) is -0.151. The molecule has 7 heteroatoms. The highest BCUT2D eigenvalue weighted by atomic mass is 16.2. The molecule has 2 aliphatic rings. The third kappa shape index (κ3) is 4.60. The third-order valence-electron chi connectivity index (χ3n) is 5.42. The Morgan fingerprint density at radius 3 is 2.56 bits per heavy atom. The van der Waals surface area contributed by atoms with Gasteiger partial charge < -0.3 is 14.8 Å². The van der Waals surface area contributed by atoms with Gasteiger partial charge in [0.1, 0.15) is 0 Å². The van der Waals surface area contributed by atoms with E-state index in [1.54, 1.807) is 6.92 Å². The van der Waals surface area contributed by atoms with Crippen LogP contribution in [0.3, 0.4) is 0 Å². The number of rotatable bonds is 4. The van der Waals surface area contributed by atoms with Gasteiger partial charge in [0.05, 0.1) is 6.42 Å². The first-order valence-corrected chi connectivity index (χ1v) is 9.35. The Labute approximate surface area is 147 Å². The van der Waals surface area contributed by atoms with Crippen molar-refractivity contribution in [2.45, 2.75) is 45.4 Å². The van der Waals surface area contributed by atoms with E-state index in [1.165, 1.54) is 38.8 Å². The Morgan fingerprint density at radius 1 is 1.08 bits per heavy atom. The maximum absolute atomic E-state index is 12.7. The van der Waals surface area contributed by atoms with Crippen molar-refractivity contribution in [2.75, 3.05) is 32.7 Å². The van der Waals surface area contributed by atoms with Gasteiger partial charge in [-0.05, 0) is 51.6 Å². The summed E-state index contributed by atoms with van der Waals surface area (Å²) < 4.78 is 0. The summed E-state index contributed by atoms with van der Waals surface area (Å²) in [4.78, 5) is 45.1. The molecule has 1 atom stereocenters. The van der Waals surface area contributed by atoms with Crippen LogP contribution in [-0.2, 0) is 11.2 Å². The van der Waals surface area contributed by atoms with Gasteiger partial charge >= 0.3 is 5.69 Å². The number of carbonyl (C=O) groups excluding carboxylic acids is 1. The largest absolute Gasteiger partial charge is 0.342 e. The van der Waals surface area contributed by atoms with Gasteiger partial charge in [-0.15, -0.1) is 0 Å². The standard InChI is InChI=1S/C18H28N4O3/c1-13-15(17(24)20-18(25)19-13)10-16(23)22-9-5-6-14(12-22)11-21-7-3-2-4-8-21/h14H,2-12H2,1H3,(H2,19,20,24,25). The fourth-order valence-corrected chi connectivity index (χ4v) is 4.05. The van der Waals surface area contributed by atoms with E-state index in [1.807, 2.05) is 4.90 Å². The highest BCUT2D eigenvalue weighted by Gasteiger charge is 2.26. The number of hydrogen-bond donors (Lipinski definition) is 2. The van der Waals surface area contributed by atoms with Crippen LogP contribution in [0, 0.1) is 12.8 Å². The second-order valence-electron chi connectivity index (χ2n) is 7.40. The lowest BCUT2D eigenvalue weighted by Gasteiger charge is -2.37. The predicted octanol–water partition coefficient (Wildman–Crippen LogP) is 0.639. The van der Waals surface area contributed by atoms with Crippen molar-refractivity contribution >= 4 is 5.91 Å². The zero-order valence-electron chi connectivity index (χ0n) is 15.0. The molecule has 25 heavy (non-hydrogen) atoms. The van der Waals surface area contributed by atoms with Crippen LogP contribution in [-0.4, -0.2) is 58.4 Å². The van der Waals surface area contributed by atoms with Gasteiger partial charge in [0.2, 0.25) is 5.91 Å². The summed E-state index contributed by atoms with van der Waals surface area (Å²) in [5.74, 6) is 0.495. The number of aryl methyl sites for hydroxylation is 1. The molecule has 2 aliphatic heterocycles. The molecule has 0 radical (unpaired) electrons. The highest BCUT2D eigenvalue weighted by molar-refractivity contribution is 5.79. The van der Waals surface area contributed by atoms with E-state index in [0.717, 1.165) is 26.1 Å². The number of aromatic nitrogens is 2. The van der Waals surface area contributed by atoms with Gasteiger partial charge in [-0.25, -0.2) is 4.79 Å². The number of aromatic amines is 2. The van der Waals surface area contributed by atoms with Crippen LogP contribution in [0.4, 0.5) is 0 Å². The number of carbonyl (C=O) groups is 1. The Hall–Kier alpha value is -1.89. The van der Waals surface area contributed by atoms with E-state index in [-0.39, 0.29) is 12.3 Å². The maximum Gasteiger partial charge on any atom is 0.325 e. The van der Waals surface area contributed by atoms with Crippen molar-refractivity contribution in [1.29, 1.82) is 0 Å². The van der Waals surface area contributed by atoms with Crippen LogP contribution in [0.1, 0.15) is 43.4 Å². The zero-order chi connectivity index (χ0) is 17.8. The molecule has 0 spiro atoms. The van der Waals surface area contributed by atoms with Crippen molar-refractivity contribution in [1.82, 2.24) is 19.8 Å². The molecule has 3 rings (SSSR count). The third-order valence-corrected chi connectivity index (χ3v) is 5.42. The van der Waals surface area contributed by atoms with Crippen LogP contribution < -0.4 is 11.2 Å². The number of H-pyrrole nitrogens is 2. The van der Waals surface area contributed by atoms with Crippen LogP contribution in [0.15, 0.2) is 9.59 Å². The minimum absolute atomic E-state index is 0.0241. The maximum atomic E-state index is 12.7. The summed E-state index contributed by atoms with van der Waals surface area (Å²) in [5, 5.41) is 0. The van der Waals surface area contributed by atoms with Crippen LogP contribution in [0.25, 0.3) is 0 Å². The number of amides is 1. The molecular formula is C18H28N4O3. The zero-order valence-corrected chi connectivity index (χ0v) is 15.0. The van der Waals surface area contributed by atoms with Crippen LogP contribution in [0.2, 0.25) is 0 Å². The molecule has 0 bridgehead atoms. The molecule has 1 amide bonds. The van der Waals surface area contributed by atoms with Crippen LogP contribution >= 0.6 is 0 Å². The number of hydrogen-bond acceptors (Lipinski definition) is 4. The summed E-state index contributed by atoms with van der Waals surface area (Å²) in [7, 11) is 0. The van der Waals surface area contributed by atoms with E-state index in [0.29, 0.717) is 17.2 Å². The van der Waals surface area contributed by atoms with Crippen molar-refractivity contribution < 1.29 is 4.79 Å². The summed E-state index contributed by atoms with van der Waals surface area (Å²) in [6.45, 7) is 6.62. The molecule has 0 aliphatic carbocycles. The van der Waals surface area contributed by atoms with Crippen molar-refractivity contribution in [3.05, 3.63) is 32.1 Å². The number of nitrogens with one attached hydrogen (secondary N) is 2. The van der Waals surface area contributed by atoms with Gasteiger partial charge in [-0.1, -0.05) is 6.42 Å². The fraction of sp³-hybridized carbons (Fsp3) is 0.722. The molecule has 3 heterocycles. The van der Waals surface area contributed by atoms with Gasteiger partial charge in [0.25, 0.3) is 5.56 Å². The number of likely N-dealkylation sites (tertiary alicyclic amines) is 2. The second kappa shape index (κ2) is 7.99. The highest BCUT2D eigenvalue weighted by Crippen LogP contribution is 2.20. The lowest BCUT2D eigenvalue weighted by molar-refractivity contribution is -0.132. The summed E-state index contributed by atoms with van der Waals surface area (Å²) >= 11 is 0. The SMILES string of the molecule is Cc1[nH]c(=O)[nH]c(=O)c1CC(=O)N1CCCC(CN2CCCCC2)C1. The Balaban J connectivity index is 1.60. The van der Waals surface area contributed by atoms with Gasteiger partial charge in [0, 0.05) is 30.9 Å². The molecule has 2 N–H and O–H groups in total. The van der Waals surface area contributed by atoms with E-state index in [9.17, 15) is 14.4 Å². The fourth-order valence-electron chi connectivity index (χ4n) is 4.05. The van der Waals surface area contributed by atoms with Crippen molar-refractivity contribution in [3.8, 4) is 0 Å². The average molecular weight is 348 g/mol. The van der Waals surface area contributed by atoms with E-state index >= 15 is 0 Å². The molecular weight excluding hydrogens is 320 g/mol. The van der Waals surface area contributed by atoms with E-state index in [4.69, 9.17) is 0 Å². The van der Waals surface area contributed by atoms with E-state index < -0.39 is 11.2 Å². The monoisotopic (exact) mass is 348 g/mol. The second-order valence-corrected chi connectivity index (χ2v) is 7.40. The number of nitrogens with zero attached hydrogens (tertiary/aromatic N) is 2. The molecule has 0 saturated carbocycles. The first-order valence-electron chi connectivity index (χ1n) is 9.35. The molecule has 138 valence electrons. The summed E-state index contributed by atoms with van der Waals surface area (Å²) in [6, 6.07) is 0.